The van der Waals surface area contributed by atoms with Crippen LogP contribution >= 0.6 is 15.9 Å². The summed E-state index contributed by atoms with van der Waals surface area (Å²) >= 11 is 3.43. The van der Waals surface area contributed by atoms with E-state index in [9.17, 15) is 9.18 Å². The Morgan fingerprint density at radius 2 is 2.05 bits per heavy atom. The third-order valence-electron chi connectivity index (χ3n) is 3.68. The van der Waals surface area contributed by atoms with Crippen molar-refractivity contribution in [3.63, 3.8) is 0 Å². The predicted molar refractivity (Wildman–Crippen MR) is 85.1 cm³/mol. The molecule has 3 nitrogen and oxygen atoms in total. The lowest BCUT2D eigenvalue weighted by molar-refractivity contribution is -0.0229. The molecule has 1 aliphatic rings. The molecule has 1 unspecified atom stereocenters. The molecule has 2 aromatic rings. The van der Waals surface area contributed by atoms with E-state index in [0.29, 0.717) is 19.7 Å². The van der Waals surface area contributed by atoms with Gasteiger partial charge in [0.2, 0.25) is 0 Å². The summed E-state index contributed by atoms with van der Waals surface area (Å²) in [4.78, 5) is 14.1. The summed E-state index contributed by atoms with van der Waals surface area (Å²) in [5, 5.41) is 0. The van der Waals surface area contributed by atoms with E-state index < -0.39 is 5.82 Å². The number of carbonyl (C=O) groups excluding carboxylic acids is 1. The molecule has 0 radical (unpaired) electrons. The molecule has 5 heteroatoms. The van der Waals surface area contributed by atoms with Gasteiger partial charge in [0.25, 0.3) is 5.91 Å². The van der Waals surface area contributed by atoms with Crippen LogP contribution in [-0.4, -0.2) is 30.5 Å². The van der Waals surface area contributed by atoms with Gasteiger partial charge in [0.05, 0.1) is 18.7 Å². The molecule has 1 fully saturated rings. The number of ether oxygens (including phenoxy) is 1. The summed E-state index contributed by atoms with van der Waals surface area (Å²) in [6.45, 7) is 1.33. The van der Waals surface area contributed by atoms with Crippen molar-refractivity contribution >= 4 is 21.8 Å². The van der Waals surface area contributed by atoms with Crippen molar-refractivity contribution in [1.29, 1.82) is 0 Å². The first-order chi connectivity index (χ1) is 10.6. The Kier molecular flexibility index (Phi) is 4.55. The quantitative estimate of drug-likeness (QED) is 0.811. The normalized spacial score (nSPS) is 18.3. The third kappa shape index (κ3) is 3.20. The SMILES string of the molecule is O=C(c1ccccc1F)N1CCOC(c2cccc(Br)c2)C1. The number of morpholine rings is 1. The van der Waals surface area contributed by atoms with E-state index >= 15 is 0 Å². The highest BCUT2D eigenvalue weighted by Crippen LogP contribution is 2.25. The molecule has 1 aliphatic heterocycles. The number of halogens is 2. The largest absolute Gasteiger partial charge is 0.370 e. The third-order valence-corrected chi connectivity index (χ3v) is 4.17. The fourth-order valence-electron chi connectivity index (χ4n) is 2.55. The maximum atomic E-state index is 13.8. The van der Waals surface area contributed by atoms with E-state index in [1.54, 1.807) is 17.0 Å². The maximum Gasteiger partial charge on any atom is 0.257 e. The van der Waals surface area contributed by atoms with Gasteiger partial charge < -0.3 is 9.64 Å². The van der Waals surface area contributed by atoms with Crippen LogP contribution in [0.3, 0.4) is 0 Å². The summed E-state index contributed by atoms with van der Waals surface area (Å²) in [7, 11) is 0. The van der Waals surface area contributed by atoms with Gasteiger partial charge in [-0.15, -0.1) is 0 Å². The minimum absolute atomic E-state index is 0.109. The Balaban J connectivity index is 1.78. The molecule has 1 saturated heterocycles. The summed E-state index contributed by atoms with van der Waals surface area (Å²) < 4.78 is 20.5. The van der Waals surface area contributed by atoms with Gasteiger partial charge in [-0.2, -0.15) is 0 Å². The van der Waals surface area contributed by atoms with Crippen LogP contribution in [0, 0.1) is 5.82 Å². The van der Waals surface area contributed by atoms with Gasteiger partial charge in [-0.1, -0.05) is 40.2 Å². The summed E-state index contributed by atoms with van der Waals surface area (Å²) in [6, 6.07) is 13.9. The van der Waals surface area contributed by atoms with Gasteiger partial charge >= 0.3 is 0 Å². The standard InChI is InChI=1S/C17H15BrFNO2/c18-13-5-3-4-12(10-13)16-11-20(8-9-22-16)17(21)14-6-1-2-7-15(14)19/h1-7,10,16H,8-9,11H2. The molecule has 0 N–H and O–H groups in total. The van der Waals surface area contributed by atoms with E-state index in [-0.39, 0.29) is 17.6 Å². The molecule has 114 valence electrons. The van der Waals surface area contributed by atoms with Crippen molar-refractivity contribution in [3.05, 3.63) is 69.9 Å². The van der Waals surface area contributed by atoms with Crippen molar-refractivity contribution in [2.75, 3.05) is 19.7 Å². The molecule has 1 heterocycles. The fourth-order valence-corrected chi connectivity index (χ4v) is 2.96. The molecule has 1 atom stereocenters. The van der Waals surface area contributed by atoms with Crippen molar-refractivity contribution in [2.24, 2.45) is 0 Å². The van der Waals surface area contributed by atoms with Gasteiger partial charge in [0, 0.05) is 11.0 Å². The van der Waals surface area contributed by atoms with Gasteiger partial charge in [-0.3, -0.25) is 4.79 Å². The van der Waals surface area contributed by atoms with Gasteiger partial charge in [0.15, 0.2) is 0 Å². The van der Waals surface area contributed by atoms with Crippen LogP contribution in [0.15, 0.2) is 53.0 Å². The Morgan fingerprint density at radius 1 is 1.23 bits per heavy atom. The number of amides is 1. The van der Waals surface area contributed by atoms with Crippen LogP contribution in [0.1, 0.15) is 22.0 Å². The van der Waals surface area contributed by atoms with E-state index in [4.69, 9.17) is 4.74 Å². The summed E-state index contributed by atoms with van der Waals surface area (Å²) in [5.74, 6) is -0.778. The van der Waals surface area contributed by atoms with Crippen molar-refractivity contribution in [2.45, 2.75) is 6.10 Å². The molecular weight excluding hydrogens is 349 g/mol. The second-order valence-corrected chi connectivity index (χ2v) is 6.06. The van der Waals surface area contributed by atoms with Gasteiger partial charge in [-0.05, 0) is 29.8 Å². The molecular formula is C17H15BrFNO2. The Bertz CT molecular complexity index is 692. The summed E-state index contributed by atoms with van der Waals surface area (Å²) in [6.07, 6.45) is -0.193. The maximum absolute atomic E-state index is 13.8. The number of hydrogen-bond donors (Lipinski definition) is 0. The first-order valence-electron chi connectivity index (χ1n) is 7.06. The first kappa shape index (κ1) is 15.2. The highest BCUT2D eigenvalue weighted by molar-refractivity contribution is 9.10. The number of nitrogens with zero attached hydrogens (tertiary/aromatic N) is 1. The molecule has 1 amide bonds. The molecule has 3 rings (SSSR count). The molecule has 0 aromatic heterocycles. The van der Waals surface area contributed by atoms with Crippen molar-refractivity contribution in [3.8, 4) is 0 Å². The zero-order chi connectivity index (χ0) is 15.5. The van der Waals surface area contributed by atoms with E-state index in [0.717, 1.165) is 10.0 Å². The number of benzene rings is 2. The van der Waals surface area contributed by atoms with Crippen molar-refractivity contribution < 1.29 is 13.9 Å². The zero-order valence-corrected chi connectivity index (χ0v) is 13.4. The van der Waals surface area contributed by atoms with Crippen LogP contribution in [0.4, 0.5) is 4.39 Å². The number of carbonyl (C=O) groups is 1. The van der Waals surface area contributed by atoms with Crippen LogP contribution in [0.5, 0.6) is 0 Å². The molecule has 0 spiro atoms. The highest BCUT2D eigenvalue weighted by Gasteiger charge is 2.27. The fraction of sp³-hybridized carbons (Fsp3) is 0.235. The van der Waals surface area contributed by atoms with E-state index in [1.807, 2.05) is 24.3 Å². The van der Waals surface area contributed by atoms with Crippen LogP contribution in [0.25, 0.3) is 0 Å². The van der Waals surface area contributed by atoms with Crippen molar-refractivity contribution in [1.82, 2.24) is 4.90 Å². The summed E-state index contributed by atoms with van der Waals surface area (Å²) in [5.41, 5.74) is 1.11. The minimum atomic E-state index is -0.488. The van der Waals surface area contributed by atoms with E-state index in [2.05, 4.69) is 15.9 Å². The molecule has 2 aromatic carbocycles. The van der Waals surface area contributed by atoms with Crippen LogP contribution in [-0.2, 0) is 4.74 Å². The average Bonchev–Trinajstić information content (AvgIpc) is 2.55. The van der Waals surface area contributed by atoms with Gasteiger partial charge in [0.1, 0.15) is 11.9 Å². The van der Waals surface area contributed by atoms with E-state index in [1.165, 1.54) is 12.1 Å². The number of hydrogen-bond acceptors (Lipinski definition) is 2. The monoisotopic (exact) mass is 363 g/mol. The predicted octanol–water partition coefficient (Wildman–Crippen LogP) is 3.80. The highest BCUT2D eigenvalue weighted by atomic mass is 79.9. The molecule has 0 bridgehead atoms. The second-order valence-electron chi connectivity index (χ2n) is 5.15. The van der Waals surface area contributed by atoms with Crippen LogP contribution < -0.4 is 0 Å². The lowest BCUT2D eigenvalue weighted by Gasteiger charge is -2.33. The smallest absolute Gasteiger partial charge is 0.257 e. The number of rotatable bonds is 2. The minimum Gasteiger partial charge on any atom is -0.370 e. The Hall–Kier alpha value is -1.72. The van der Waals surface area contributed by atoms with Gasteiger partial charge in [-0.25, -0.2) is 4.39 Å². The molecule has 0 aliphatic carbocycles. The second kappa shape index (κ2) is 6.58. The first-order valence-corrected chi connectivity index (χ1v) is 7.85. The lowest BCUT2D eigenvalue weighted by atomic mass is 10.1. The average molecular weight is 364 g/mol. The lowest BCUT2D eigenvalue weighted by Crippen LogP contribution is -2.42. The Labute approximate surface area is 136 Å². The molecule has 22 heavy (non-hydrogen) atoms. The topological polar surface area (TPSA) is 29.5 Å². The zero-order valence-electron chi connectivity index (χ0n) is 11.8. The van der Waals surface area contributed by atoms with Crippen LogP contribution in [0.2, 0.25) is 0 Å². The Morgan fingerprint density at radius 3 is 2.82 bits per heavy atom. The molecule has 0 saturated carbocycles.